The Morgan fingerprint density at radius 1 is 1.42 bits per heavy atom. The van der Waals surface area contributed by atoms with Crippen LogP contribution >= 0.6 is 11.6 Å². The first kappa shape index (κ1) is 13.7. The quantitative estimate of drug-likeness (QED) is 0.909. The predicted octanol–water partition coefficient (Wildman–Crippen LogP) is 3.60. The van der Waals surface area contributed by atoms with Crippen molar-refractivity contribution in [1.82, 2.24) is 9.55 Å². The van der Waals surface area contributed by atoms with Gasteiger partial charge in [-0.05, 0) is 18.1 Å². The molecule has 1 aromatic carbocycles. The molecule has 0 amide bonds. The summed E-state index contributed by atoms with van der Waals surface area (Å²) in [5.41, 5.74) is 0.963. The highest BCUT2D eigenvalue weighted by atomic mass is 35.5. The van der Waals surface area contributed by atoms with Gasteiger partial charge in [0.2, 0.25) is 5.95 Å². The van der Waals surface area contributed by atoms with E-state index < -0.39 is 0 Å². The molecule has 19 heavy (non-hydrogen) atoms. The molecular weight excluding hydrogens is 262 g/mol. The standard InChI is InChI=1S/C14H18ClN3O/c1-10(2)9-17-14-16-6-7-18(14)11-4-5-12(15)13(8-11)19-3/h4-8,10H,9H2,1-3H3,(H,16,17). The Morgan fingerprint density at radius 3 is 2.89 bits per heavy atom. The Morgan fingerprint density at radius 2 is 2.21 bits per heavy atom. The van der Waals surface area contributed by atoms with Crippen LogP contribution in [0, 0.1) is 5.92 Å². The van der Waals surface area contributed by atoms with E-state index >= 15 is 0 Å². The molecule has 0 saturated heterocycles. The van der Waals surface area contributed by atoms with E-state index in [0.717, 1.165) is 18.2 Å². The molecule has 4 nitrogen and oxygen atoms in total. The molecule has 0 saturated carbocycles. The summed E-state index contributed by atoms with van der Waals surface area (Å²) in [7, 11) is 1.61. The van der Waals surface area contributed by atoms with E-state index in [1.54, 1.807) is 13.3 Å². The molecule has 2 aromatic rings. The number of nitrogens with zero attached hydrogens (tertiary/aromatic N) is 2. The summed E-state index contributed by atoms with van der Waals surface area (Å²) >= 11 is 6.03. The Labute approximate surface area is 118 Å². The number of hydrogen-bond donors (Lipinski definition) is 1. The summed E-state index contributed by atoms with van der Waals surface area (Å²) in [6.45, 7) is 5.19. The number of rotatable bonds is 5. The molecule has 0 aliphatic heterocycles. The zero-order valence-electron chi connectivity index (χ0n) is 11.4. The summed E-state index contributed by atoms with van der Waals surface area (Å²) in [5, 5.41) is 3.92. The number of methoxy groups -OCH3 is 1. The van der Waals surface area contributed by atoms with Gasteiger partial charge in [0.25, 0.3) is 0 Å². The number of imidazole rings is 1. The number of anilines is 1. The molecular formula is C14H18ClN3O. The normalized spacial score (nSPS) is 10.8. The average Bonchev–Trinajstić information content (AvgIpc) is 2.85. The highest BCUT2D eigenvalue weighted by Crippen LogP contribution is 2.27. The maximum Gasteiger partial charge on any atom is 0.207 e. The number of aromatic nitrogens is 2. The number of benzene rings is 1. The van der Waals surface area contributed by atoms with Gasteiger partial charge in [-0.3, -0.25) is 4.57 Å². The first-order valence-electron chi connectivity index (χ1n) is 6.23. The van der Waals surface area contributed by atoms with Crippen molar-refractivity contribution in [3.63, 3.8) is 0 Å². The second kappa shape index (κ2) is 5.97. The van der Waals surface area contributed by atoms with Crippen molar-refractivity contribution in [3.05, 3.63) is 35.6 Å². The minimum absolute atomic E-state index is 0.560. The van der Waals surface area contributed by atoms with Crippen molar-refractivity contribution in [2.24, 2.45) is 5.92 Å². The zero-order valence-corrected chi connectivity index (χ0v) is 12.1. The van der Waals surface area contributed by atoms with E-state index in [4.69, 9.17) is 16.3 Å². The topological polar surface area (TPSA) is 39.1 Å². The van der Waals surface area contributed by atoms with Crippen molar-refractivity contribution in [3.8, 4) is 11.4 Å². The zero-order chi connectivity index (χ0) is 13.8. The maximum atomic E-state index is 6.03. The van der Waals surface area contributed by atoms with E-state index in [9.17, 15) is 0 Å². The van der Waals surface area contributed by atoms with Crippen LogP contribution in [-0.2, 0) is 0 Å². The minimum atomic E-state index is 0.560. The van der Waals surface area contributed by atoms with Crippen LogP contribution < -0.4 is 10.1 Å². The van der Waals surface area contributed by atoms with Crippen molar-refractivity contribution in [2.75, 3.05) is 19.0 Å². The molecule has 0 unspecified atom stereocenters. The number of ether oxygens (including phenoxy) is 1. The predicted molar refractivity (Wildman–Crippen MR) is 78.5 cm³/mol. The third kappa shape index (κ3) is 3.20. The molecule has 1 aromatic heterocycles. The van der Waals surface area contributed by atoms with Crippen LogP contribution in [0.5, 0.6) is 5.75 Å². The van der Waals surface area contributed by atoms with Crippen LogP contribution in [0.1, 0.15) is 13.8 Å². The van der Waals surface area contributed by atoms with Gasteiger partial charge in [0.05, 0.1) is 17.8 Å². The van der Waals surface area contributed by atoms with Crippen LogP contribution in [0.15, 0.2) is 30.6 Å². The van der Waals surface area contributed by atoms with Gasteiger partial charge in [0, 0.05) is 25.0 Å². The molecule has 102 valence electrons. The lowest BCUT2D eigenvalue weighted by Gasteiger charge is -2.12. The molecule has 0 radical (unpaired) electrons. The average molecular weight is 280 g/mol. The van der Waals surface area contributed by atoms with Crippen LogP contribution in [0.2, 0.25) is 5.02 Å². The lowest BCUT2D eigenvalue weighted by Crippen LogP contribution is -2.12. The first-order valence-corrected chi connectivity index (χ1v) is 6.60. The third-order valence-corrected chi connectivity index (χ3v) is 3.03. The van der Waals surface area contributed by atoms with Gasteiger partial charge in [0.1, 0.15) is 5.75 Å². The molecule has 0 bridgehead atoms. The molecule has 2 rings (SSSR count). The van der Waals surface area contributed by atoms with Crippen molar-refractivity contribution >= 4 is 17.5 Å². The number of halogens is 1. The summed E-state index contributed by atoms with van der Waals surface area (Å²) in [5.74, 6) is 2.03. The molecule has 1 N–H and O–H groups in total. The summed E-state index contributed by atoms with van der Waals surface area (Å²) in [6.07, 6.45) is 3.68. The van der Waals surface area contributed by atoms with Crippen molar-refractivity contribution in [2.45, 2.75) is 13.8 Å². The highest BCUT2D eigenvalue weighted by Gasteiger charge is 2.08. The number of hydrogen-bond acceptors (Lipinski definition) is 3. The SMILES string of the molecule is COc1cc(-n2ccnc2NCC(C)C)ccc1Cl. The van der Waals surface area contributed by atoms with Crippen molar-refractivity contribution in [1.29, 1.82) is 0 Å². The fourth-order valence-corrected chi connectivity index (χ4v) is 1.93. The highest BCUT2D eigenvalue weighted by molar-refractivity contribution is 6.32. The molecule has 0 spiro atoms. The smallest absolute Gasteiger partial charge is 0.207 e. The van der Waals surface area contributed by atoms with E-state index in [1.165, 1.54) is 0 Å². The summed E-state index contributed by atoms with van der Waals surface area (Å²) in [6, 6.07) is 5.65. The number of nitrogens with one attached hydrogen (secondary N) is 1. The van der Waals surface area contributed by atoms with E-state index in [1.807, 2.05) is 29.0 Å². The second-order valence-electron chi connectivity index (χ2n) is 4.71. The van der Waals surface area contributed by atoms with E-state index in [-0.39, 0.29) is 0 Å². The summed E-state index contributed by atoms with van der Waals surface area (Å²) in [4.78, 5) is 4.32. The fourth-order valence-electron chi connectivity index (χ4n) is 1.74. The van der Waals surface area contributed by atoms with Crippen LogP contribution in [0.3, 0.4) is 0 Å². The molecule has 0 fully saturated rings. The lowest BCUT2D eigenvalue weighted by atomic mass is 10.2. The van der Waals surface area contributed by atoms with Crippen LogP contribution in [0.25, 0.3) is 5.69 Å². The van der Waals surface area contributed by atoms with Gasteiger partial charge in [-0.15, -0.1) is 0 Å². The molecule has 0 aliphatic rings. The monoisotopic (exact) mass is 279 g/mol. The largest absolute Gasteiger partial charge is 0.495 e. The van der Waals surface area contributed by atoms with Gasteiger partial charge in [-0.2, -0.15) is 0 Å². The van der Waals surface area contributed by atoms with E-state index in [2.05, 4.69) is 24.1 Å². The van der Waals surface area contributed by atoms with Gasteiger partial charge in [0.15, 0.2) is 0 Å². The van der Waals surface area contributed by atoms with Gasteiger partial charge in [-0.25, -0.2) is 4.98 Å². The van der Waals surface area contributed by atoms with E-state index in [0.29, 0.717) is 16.7 Å². The van der Waals surface area contributed by atoms with Crippen molar-refractivity contribution < 1.29 is 4.74 Å². The Bertz CT molecular complexity index is 551. The van der Waals surface area contributed by atoms with Gasteiger partial charge < -0.3 is 10.1 Å². The van der Waals surface area contributed by atoms with Crippen LogP contribution in [0.4, 0.5) is 5.95 Å². The maximum absolute atomic E-state index is 6.03. The Hall–Kier alpha value is -1.68. The Balaban J connectivity index is 2.29. The van der Waals surface area contributed by atoms with Gasteiger partial charge in [-0.1, -0.05) is 25.4 Å². The van der Waals surface area contributed by atoms with Gasteiger partial charge >= 0.3 is 0 Å². The minimum Gasteiger partial charge on any atom is -0.495 e. The lowest BCUT2D eigenvalue weighted by molar-refractivity contribution is 0.415. The third-order valence-electron chi connectivity index (χ3n) is 2.72. The fraction of sp³-hybridized carbons (Fsp3) is 0.357. The second-order valence-corrected chi connectivity index (χ2v) is 5.12. The Kier molecular flexibility index (Phi) is 4.32. The molecule has 1 heterocycles. The van der Waals surface area contributed by atoms with Crippen LogP contribution in [-0.4, -0.2) is 23.2 Å². The molecule has 5 heteroatoms. The molecule has 0 atom stereocenters. The molecule has 0 aliphatic carbocycles. The first-order chi connectivity index (χ1) is 9.11. The summed E-state index contributed by atoms with van der Waals surface area (Å²) < 4.78 is 7.21.